The number of carbonyl (C=O) groups excluding carboxylic acids is 1. The third-order valence-electron chi connectivity index (χ3n) is 3.93. The summed E-state index contributed by atoms with van der Waals surface area (Å²) in [5, 5.41) is 12.2. The Bertz CT molecular complexity index is 303. The molecule has 0 aromatic rings. The molecule has 18 heavy (non-hydrogen) atoms. The van der Waals surface area contributed by atoms with Gasteiger partial charge in [-0.1, -0.05) is 27.2 Å². The van der Waals surface area contributed by atoms with Crippen LogP contribution in [0.15, 0.2) is 0 Å². The van der Waals surface area contributed by atoms with Crippen molar-refractivity contribution in [3.8, 4) is 0 Å². The molecule has 1 saturated carbocycles. The second-order valence-electron chi connectivity index (χ2n) is 5.53. The molecule has 4 atom stereocenters. The number of amides is 1. The van der Waals surface area contributed by atoms with Crippen LogP contribution in [0.5, 0.6) is 0 Å². The van der Waals surface area contributed by atoms with Gasteiger partial charge in [-0.05, 0) is 31.6 Å². The molecule has 0 aliphatic heterocycles. The summed E-state index contributed by atoms with van der Waals surface area (Å²) in [5.41, 5.74) is 0. The minimum absolute atomic E-state index is 0.0629. The van der Waals surface area contributed by atoms with E-state index in [-0.39, 0.29) is 17.9 Å². The fraction of sp³-hybridized carbons (Fsp3) is 0.857. The Morgan fingerprint density at radius 2 is 1.89 bits per heavy atom. The van der Waals surface area contributed by atoms with E-state index in [4.69, 9.17) is 5.11 Å². The molecule has 0 spiro atoms. The molecule has 1 rings (SSSR count). The van der Waals surface area contributed by atoms with Gasteiger partial charge in [0.15, 0.2) is 0 Å². The lowest BCUT2D eigenvalue weighted by atomic mass is 9.94. The van der Waals surface area contributed by atoms with Crippen molar-refractivity contribution < 1.29 is 14.7 Å². The van der Waals surface area contributed by atoms with E-state index in [1.165, 1.54) is 0 Å². The molecule has 0 saturated heterocycles. The highest BCUT2D eigenvalue weighted by atomic mass is 16.4. The van der Waals surface area contributed by atoms with Gasteiger partial charge in [0, 0.05) is 6.04 Å². The zero-order valence-electron chi connectivity index (χ0n) is 11.6. The highest BCUT2D eigenvalue weighted by Gasteiger charge is 2.41. The van der Waals surface area contributed by atoms with Crippen molar-refractivity contribution in [1.82, 2.24) is 5.32 Å². The third kappa shape index (κ3) is 3.72. The minimum atomic E-state index is -0.831. The van der Waals surface area contributed by atoms with Crippen LogP contribution in [0.3, 0.4) is 0 Å². The second-order valence-corrected chi connectivity index (χ2v) is 5.53. The normalized spacial score (nSPS) is 28.9. The van der Waals surface area contributed by atoms with Crippen LogP contribution in [0.1, 0.15) is 52.9 Å². The van der Waals surface area contributed by atoms with Crippen LogP contribution in [-0.4, -0.2) is 23.0 Å². The van der Waals surface area contributed by atoms with Gasteiger partial charge in [0.2, 0.25) is 5.91 Å². The number of aliphatic carboxylic acids is 1. The SMILES string of the molecule is CCCC(CC)NC(=O)C1CC(C)CC1C(=O)O. The van der Waals surface area contributed by atoms with Crippen LogP contribution in [0.2, 0.25) is 0 Å². The summed E-state index contributed by atoms with van der Waals surface area (Å²) in [6.07, 6.45) is 4.22. The number of carbonyl (C=O) groups is 2. The number of carboxylic acids is 1. The summed E-state index contributed by atoms with van der Waals surface area (Å²) >= 11 is 0. The summed E-state index contributed by atoms with van der Waals surface area (Å²) in [7, 11) is 0. The topological polar surface area (TPSA) is 66.4 Å². The van der Waals surface area contributed by atoms with Crippen molar-refractivity contribution in [1.29, 1.82) is 0 Å². The zero-order valence-corrected chi connectivity index (χ0v) is 11.6. The Kier molecular flexibility index (Phi) is 5.63. The Labute approximate surface area is 109 Å². The summed E-state index contributed by atoms with van der Waals surface area (Å²) < 4.78 is 0. The molecular formula is C14H25NO3. The van der Waals surface area contributed by atoms with E-state index in [0.717, 1.165) is 19.3 Å². The first-order chi connectivity index (χ1) is 8.49. The van der Waals surface area contributed by atoms with Crippen LogP contribution >= 0.6 is 0 Å². The first kappa shape index (κ1) is 15.0. The molecule has 2 N–H and O–H groups in total. The Hall–Kier alpha value is -1.06. The molecule has 0 aromatic heterocycles. The van der Waals surface area contributed by atoms with E-state index in [1.807, 2.05) is 13.8 Å². The molecule has 0 bridgehead atoms. The van der Waals surface area contributed by atoms with Crippen molar-refractivity contribution in [2.24, 2.45) is 17.8 Å². The average molecular weight is 255 g/mol. The van der Waals surface area contributed by atoms with Crippen molar-refractivity contribution in [2.75, 3.05) is 0 Å². The molecular weight excluding hydrogens is 230 g/mol. The maximum atomic E-state index is 12.2. The van der Waals surface area contributed by atoms with Crippen molar-refractivity contribution >= 4 is 11.9 Å². The van der Waals surface area contributed by atoms with Gasteiger partial charge < -0.3 is 10.4 Å². The van der Waals surface area contributed by atoms with Gasteiger partial charge in [0.05, 0.1) is 11.8 Å². The quantitative estimate of drug-likeness (QED) is 0.766. The molecule has 1 aliphatic rings. The van der Waals surface area contributed by atoms with Gasteiger partial charge in [0.1, 0.15) is 0 Å². The van der Waals surface area contributed by atoms with E-state index < -0.39 is 11.9 Å². The van der Waals surface area contributed by atoms with Crippen LogP contribution in [0.25, 0.3) is 0 Å². The Balaban J connectivity index is 2.61. The predicted octanol–water partition coefficient (Wildman–Crippen LogP) is 2.43. The monoisotopic (exact) mass is 255 g/mol. The van der Waals surface area contributed by atoms with Crippen molar-refractivity contribution in [3.63, 3.8) is 0 Å². The van der Waals surface area contributed by atoms with Crippen LogP contribution in [0.4, 0.5) is 0 Å². The molecule has 1 aliphatic carbocycles. The minimum Gasteiger partial charge on any atom is -0.481 e. The summed E-state index contributed by atoms with van der Waals surface area (Å²) in [6.45, 7) is 6.16. The molecule has 4 heteroatoms. The van der Waals surface area contributed by atoms with Crippen LogP contribution < -0.4 is 5.32 Å². The van der Waals surface area contributed by atoms with E-state index in [1.54, 1.807) is 0 Å². The molecule has 4 unspecified atom stereocenters. The maximum Gasteiger partial charge on any atom is 0.307 e. The van der Waals surface area contributed by atoms with Gasteiger partial charge in [-0.25, -0.2) is 0 Å². The Morgan fingerprint density at radius 1 is 1.28 bits per heavy atom. The molecule has 1 fully saturated rings. The lowest BCUT2D eigenvalue weighted by molar-refractivity contribution is -0.146. The zero-order chi connectivity index (χ0) is 13.7. The van der Waals surface area contributed by atoms with E-state index >= 15 is 0 Å². The summed E-state index contributed by atoms with van der Waals surface area (Å²) in [5.74, 6) is -1.41. The van der Waals surface area contributed by atoms with Gasteiger partial charge in [0.25, 0.3) is 0 Å². The largest absolute Gasteiger partial charge is 0.481 e. The van der Waals surface area contributed by atoms with Gasteiger partial charge in [-0.2, -0.15) is 0 Å². The van der Waals surface area contributed by atoms with E-state index in [9.17, 15) is 9.59 Å². The third-order valence-corrected chi connectivity index (χ3v) is 3.93. The van der Waals surface area contributed by atoms with Gasteiger partial charge >= 0.3 is 5.97 Å². The van der Waals surface area contributed by atoms with Gasteiger partial charge in [-0.15, -0.1) is 0 Å². The molecule has 0 heterocycles. The highest BCUT2D eigenvalue weighted by molar-refractivity contribution is 5.85. The van der Waals surface area contributed by atoms with Gasteiger partial charge in [-0.3, -0.25) is 9.59 Å². The number of hydrogen-bond acceptors (Lipinski definition) is 2. The maximum absolute atomic E-state index is 12.2. The predicted molar refractivity (Wildman–Crippen MR) is 70.1 cm³/mol. The number of hydrogen-bond donors (Lipinski definition) is 2. The summed E-state index contributed by atoms with van der Waals surface area (Å²) in [4.78, 5) is 23.3. The standard InChI is InChI=1S/C14H25NO3/c1-4-6-10(5-2)15-13(16)11-7-9(3)8-12(11)14(17)18/h9-12H,4-8H2,1-3H3,(H,15,16)(H,17,18). The smallest absolute Gasteiger partial charge is 0.307 e. The fourth-order valence-electron chi connectivity index (χ4n) is 2.89. The summed E-state index contributed by atoms with van der Waals surface area (Å²) in [6, 6.07) is 0.188. The molecule has 4 nitrogen and oxygen atoms in total. The first-order valence-corrected chi connectivity index (χ1v) is 7.02. The number of nitrogens with one attached hydrogen (secondary N) is 1. The van der Waals surface area contributed by atoms with Crippen LogP contribution in [0, 0.1) is 17.8 Å². The van der Waals surface area contributed by atoms with Crippen molar-refractivity contribution in [2.45, 2.75) is 58.9 Å². The van der Waals surface area contributed by atoms with Crippen molar-refractivity contribution in [3.05, 3.63) is 0 Å². The molecule has 104 valence electrons. The fourth-order valence-corrected chi connectivity index (χ4v) is 2.89. The van der Waals surface area contributed by atoms with Crippen LogP contribution in [-0.2, 0) is 9.59 Å². The highest BCUT2D eigenvalue weighted by Crippen LogP contribution is 2.36. The average Bonchev–Trinajstić information content (AvgIpc) is 2.71. The van der Waals surface area contributed by atoms with E-state index in [2.05, 4.69) is 12.2 Å². The number of carboxylic acid groups (broad SMARTS) is 1. The second kappa shape index (κ2) is 6.76. The molecule has 1 amide bonds. The van der Waals surface area contributed by atoms with E-state index in [0.29, 0.717) is 18.8 Å². The number of rotatable bonds is 6. The Morgan fingerprint density at radius 3 is 2.39 bits per heavy atom. The molecule has 0 radical (unpaired) electrons. The lowest BCUT2D eigenvalue weighted by Gasteiger charge is -2.21. The first-order valence-electron chi connectivity index (χ1n) is 7.02. The molecule has 0 aromatic carbocycles. The lowest BCUT2D eigenvalue weighted by Crippen LogP contribution is -2.41.